The summed E-state index contributed by atoms with van der Waals surface area (Å²) >= 11 is 0. The van der Waals surface area contributed by atoms with Gasteiger partial charge < -0.3 is 10.1 Å². The van der Waals surface area contributed by atoms with Crippen LogP contribution in [-0.2, 0) is 0 Å². The topological polar surface area (TPSA) is 21.3 Å². The van der Waals surface area contributed by atoms with Crippen LogP contribution in [0.1, 0.15) is 65.5 Å². The summed E-state index contributed by atoms with van der Waals surface area (Å²) in [6.07, 6.45) is 3.84. The molecule has 0 amide bonds. The fourth-order valence-corrected chi connectivity index (χ4v) is 4.31. The Balaban J connectivity index is 2.02. The van der Waals surface area contributed by atoms with Crippen LogP contribution in [0.5, 0.6) is 5.75 Å². The van der Waals surface area contributed by atoms with Crippen molar-refractivity contribution < 1.29 is 4.74 Å². The lowest BCUT2D eigenvalue weighted by molar-refractivity contribution is 0.0811. The van der Waals surface area contributed by atoms with Crippen molar-refractivity contribution in [2.45, 2.75) is 66.0 Å². The van der Waals surface area contributed by atoms with Crippen molar-refractivity contribution in [1.29, 1.82) is 0 Å². The summed E-state index contributed by atoms with van der Waals surface area (Å²) in [7, 11) is 1.71. The summed E-state index contributed by atoms with van der Waals surface area (Å²) in [5.41, 5.74) is 2.19. The van der Waals surface area contributed by atoms with Crippen LogP contribution in [-0.4, -0.2) is 13.2 Å². The van der Waals surface area contributed by atoms with E-state index in [1.54, 1.807) is 7.11 Å². The van der Waals surface area contributed by atoms with Crippen LogP contribution in [0.15, 0.2) is 24.3 Å². The second-order valence-electron chi connectivity index (χ2n) is 8.27. The van der Waals surface area contributed by atoms with Crippen molar-refractivity contribution in [3.05, 3.63) is 29.8 Å². The summed E-state index contributed by atoms with van der Waals surface area (Å²) in [6, 6.07) is 9.39. The number of nitrogens with one attached hydrogen (secondary N) is 1. The molecule has 118 valence electrons. The van der Waals surface area contributed by atoms with E-state index >= 15 is 0 Å². The molecule has 0 saturated heterocycles. The molecule has 1 aliphatic rings. The second kappa shape index (κ2) is 6.00. The molecule has 0 aliphatic heterocycles. The molecule has 21 heavy (non-hydrogen) atoms. The van der Waals surface area contributed by atoms with Gasteiger partial charge in [-0.15, -0.1) is 0 Å². The Hall–Kier alpha value is -1.02. The minimum absolute atomic E-state index is 0.380. The van der Waals surface area contributed by atoms with Gasteiger partial charge in [-0.05, 0) is 54.7 Å². The van der Waals surface area contributed by atoms with Crippen molar-refractivity contribution in [3.63, 3.8) is 0 Å². The highest BCUT2D eigenvalue weighted by Crippen LogP contribution is 2.46. The number of methoxy groups -OCH3 is 1. The molecule has 1 atom stereocenters. The van der Waals surface area contributed by atoms with Gasteiger partial charge in [0, 0.05) is 12.1 Å². The molecule has 1 aliphatic carbocycles. The molecule has 2 heteroatoms. The molecule has 2 nitrogen and oxygen atoms in total. The molecule has 1 fully saturated rings. The highest BCUT2D eigenvalue weighted by molar-refractivity contribution is 5.28. The van der Waals surface area contributed by atoms with Crippen LogP contribution in [0.2, 0.25) is 0 Å². The second-order valence-corrected chi connectivity index (χ2v) is 8.27. The molecule has 1 aromatic rings. The average Bonchev–Trinajstić information content (AvgIpc) is 2.35. The van der Waals surface area contributed by atoms with E-state index in [1.807, 2.05) is 12.1 Å². The van der Waals surface area contributed by atoms with Crippen molar-refractivity contribution in [1.82, 2.24) is 5.32 Å². The Labute approximate surface area is 130 Å². The van der Waals surface area contributed by atoms with Crippen LogP contribution in [0.3, 0.4) is 0 Å². The Morgan fingerprint density at radius 2 is 1.57 bits per heavy atom. The molecule has 0 radical (unpaired) electrons. The van der Waals surface area contributed by atoms with E-state index in [0.29, 0.717) is 22.9 Å². The lowest BCUT2D eigenvalue weighted by Gasteiger charge is -2.46. The molecule has 0 spiro atoms. The van der Waals surface area contributed by atoms with E-state index in [2.05, 4.69) is 52.1 Å². The number of hydrogen-bond donors (Lipinski definition) is 1. The predicted octanol–water partition coefficient (Wildman–Crippen LogP) is 4.95. The van der Waals surface area contributed by atoms with Gasteiger partial charge in [0.05, 0.1) is 7.11 Å². The van der Waals surface area contributed by atoms with Crippen LogP contribution in [0, 0.1) is 10.8 Å². The van der Waals surface area contributed by atoms with E-state index in [4.69, 9.17) is 4.74 Å². The maximum absolute atomic E-state index is 5.23. The molecule has 2 rings (SSSR count). The third-order valence-corrected chi connectivity index (χ3v) is 4.66. The summed E-state index contributed by atoms with van der Waals surface area (Å²) in [6.45, 7) is 11.9. The minimum Gasteiger partial charge on any atom is -0.497 e. The summed E-state index contributed by atoms with van der Waals surface area (Å²) in [5, 5.41) is 3.84. The van der Waals surface area contributed by atoms with E-state index in [1.165, 1.54) is 24.8 Å². The number of ether oxygens (including phenoxy) is 1. The lowest BCUT2D eigenvalue weighted by atomic mass is 9.63. The number of hydrogen-bond acceptors (Lipinski definition) is 2. The van der Waals surface area contributed by atoms with Gasteiger partial charge in [-0.25, -0.2) is 0 Å². The molecular weight excluding hydrogens is 258 g/mol. The Morgan fingerprint density at radius 1 is 1.05 bits per heavy atom. The maximum Gasteiger partial charge on any atom is 0.118 e. The minimum atomic E-state index is 0.380. The maximum atomic E-state index is 5.23. The van der Waals surface area contributed by atoms with Gasteiger partial charge in [-0.2, -0.15) is 0 Å². The fourth-order valence-electron chi connectivity index (χ4n) is 4.31. The van der Waals surface area contributed by atoms with E-state index < -0.39 is 0 Å². The zero-order chi connectivity index (χ0) is 15.7. The molecule has 1 saturated carbocycles. The quantitative estimate of drug-likeness (QED) is 0.846. The largest absolute Gasteiger partial charge is 0.497 e. The van der Waals surface area contributed by atoms with Crippen molar-refractivity contribution in [2.75, 3.05) is 7.11 Å². The SMILES string of the molecule is COc1ccc([C@H](C)NC2CC(C)(C)CC(C)(C)C2)cc1. The van der Waals surface area contributed by atoms with E-state index in [0.717, 1.165) is 5.75 Å². The molecule has 0 unspecified atom stereocenters. The van der Waals surface area contributed by atoms with Gasteiger partial charge in [-0.1, -0.05) is 39.8 Å². The normalized spacial score (nSPS) is 22.8. The lowest BCUT2D eigenvalue weighted by Crippen LogP contribution is -2.44. The van der Waals surface area contributed by atoms with Crippen LogP contribution in [0.25, 0.3) is 0 Å². The van der Waals surface area contributed by atoms with Gasteiger partial charge in [0.1, 0.15) is 5.75 Å². The zero-order valence-corrected chi connectivity index (χ0v) is 14.5. The number of rotatable bonds is 4. The number of benzene rings is 1. The first-order valence-corrected chi connectivity index (χ1v) is 8.11. The van der Waals surface area contributed by atoms with Gasteiger partial charge in [0.15, 0.2) is 0 Å². The third kappa shape index (κ3) is 4.47. The Bertz CT molecular complexity index is 445. The van der Waals surface area contributed by atoms with Gasteiger partial charge >= 0.3 is 0 Å². The molecule has 1 aromatic carbocycles. The molecule has 0 heterocycles. The highest BCUT2D eigenvalue weighted by Gasteiger charge is 2.38. The van der Waals surface area contributed by atoms with Gasteiger partial charge in [0.2, 0.25) is 0 Å². The first kappa shape index (κ1) is 16.4. The molecule has 0 bridgehead atoms. The highest BCUT2D eigenvalue weighted by atomic mass is 16.5. The Morgan fingerprint density at radius 3 is 2.05 bits per heavy atom. The van der Waals surface area contributed by atoms with Gasteiger partial charge in [0.25, 0.3) is 0 Å². The standard InChI is InChI=1S/C19H31NO/c1-14(15-7-9-17(21-6)10-8-15)20-16-11-18(2,3)13-19(4,5)12-16/h7-10,14,16,20H,11-13H2,1-6H3/t14-/m0/s1. The van der Waals surface area contributed by atoms with Gasteiger partial charge in [-0.3, -0.25) is 0 Å². The summed E-state index contributed by atoms with van der Waals surface area (Å²) < 4.78 is 5.23. The third-order valence-electron chi connectivity index (χ3n) is 4.66. The summed E-state index contributed by atoms with van der Waals surface area (Å²) in [5.74, 6) is 0.922. The predicted molar refractivity (Wildman–Crippen MR) is 89.7 cm³/mol. The van der Waals surface area contributed by atoms with Crippen molar-refractivity contribution >= 4 is 0 Å². The first-order valence-electron chi connectivity index (χ1n) is 8.11. The Kier molecular flexibility index (Phi) is 4.67. The average molecular weight is 289 g/mol. The van der Waals surface area contributed by atoms with E-state index in [9.17, 15) is 0 Å². The van der Waals surface area contributed by atoms with Crippen LogP contribution in [0.4, 0.5) is 0 Å². The smallest absolute Gasteiger partial charge is 0.118 e. The van der Waals surface area contributed by atoms with Crippen LogP contribution < -0.4 is 10.1 Å². The molecule has 1 N–H and O–H groups in total. The molecular formula is C19H31NO. The van der Waals surface area contributed by atoms with E-state index in [-0.39, 0.29) is 0 Å². The van der Waals surface area contributed by atoms with Crippen molar-refractivity contribution in [2.24, 2.45) is 10.8 Å². The monoisotopic (exact) mass is 289 g/mol. The molecule has 0 aromatic heterocycles. The zero-order valence-electron chi connectivity index (χ0n) is 14.5. The first-order chi connectivity index (χ1) is 9.71. The summed E-state index contributed by atoms with van der Waals surface area (Å²) in [4.78, 5) is 0. The fraction of sp³-hybridized carbons (Fsp3) is 0.684. The van der Waals surface area contributed by atoms with Crippen LogP contribution >= 0.6 is 0 Å². The van der Waals surface area contributed by atoms with Crippen molar-refractivity contribution in [3.8, 4) is 5.75 Å².